The second-order valence-corrected chi connectivity index (χ2v) is 8.67. The van der Waals surface area contributed by atoms with E-state index in [2.05, 4.69) is 62.6 Å². The fraction of sp³-hybridized carbons (Fsp3) is 0.200. The number of halogens is 3. The maximum atomic E-state index is 12.9. The highest BCUT2D eigenvalue weighted by molar-refractivity contribution is 9.13. The summed E-state index contributed by atoms with van der Waals surface area (Å²) in [5, 5.41) is 4.78. The zero-order chi connectivity index (χ0) is 22.7. The number of aromatic nitrogens is 2. The first-order valence-corrected chi connectivity index (χ1v) is 11.1. The molecule has 0 saturated carbocycles. The molecule has 0 unspecified atom stereocenters. The molecular weight excluding hydrogens is 602 g/mol. The number of carbonyl (C=O) groups is 1. The van der Waals surface area contributed by atoms with Crippen molar-refractivity contribution in [3.63, 3.8) is 0 Å². The largest absolute Gasteiger partial charge is 0.493 e. The molecule has 1 heterocycles. The molecule has 0 radical (unpaired) electrons. The van der Waals surface area contributed by atoms with Crippen LogP contribution < -0.4 is 15.0 Å². The summed E-state index contributed by atoms with van der Waals surface area (Å²) in [5.41, 5.74) is 0.907. The van der Waals surface area contributed by atoms with Crippen LogP contribution in [0.2, 0.25) is 0 Å². The molecule has 0 aliphatic heterocycles. The molecular formula is C20H16Br3N3O5. The van der Waals surface area contributed by atoms with Crippen LogP contribution in [0, 0.1) is 6.92 Å². The average molecular weight is 618 g/mol. The molecule has 0 fully saturated rings. The number of hydrogen-bond acceptors (Lipinski definition) is 7. The number of rotatable bonds is 6. The first kappa shape index (κ1) is 23.4. The van der Waals surface area contributed by atoms with E-state index in [-0.39, 0.29) is 12.2 Å². The SMILES string of the molecule is COC(=O)COc1c(OC)cc(C=Nn2c(C)nc3ccc(Br)cc3c2=O)c(Br)c1Br. The number of aryl methyl sites for hydroxylation is 1. The van der Waals surface area contributed by atoms with Crippen molar-refractivity contribution in [3.05, 3.63) is 59.4 Å². The van der Waals surface area contributed by atoms with E-state index < -0.39 is 5.97 Å². The molecule has 0 aliphatic carbocycles. The van der Waals surface area contributed by atoms with Crippen LogP contribution in [-0.4, -0.2) is 42.7 Å². The number of fused-ring (bicyclic) bond motifs is 1. The number of ether oxygens (including phenoxy) is 3. The van der Waals surface area contributed by atoms with Crippen molar-refractivity contribution in [2.24, 2.45) is 5.10 Å². The van der Waals surface area contributed by atoms with Crippen molar-refractivity contribution in [3.8, 4) is 11.5 Å². The van der Waals surface area contributed by atoms with Gasteiger partial charge in [0.25, 0.3) is 5.56 Å². The summed E-state index contributed by atoms with van der Waals surface area (Å²) in [6.45, 7) is 1.42. The topological polar surface area (TPSA) is 92.0 Å². The Morgan fingerprint density at radius 2 is 1.94 bits per heavy atom. The van der Waals surface area contributed by atoms with Crippen LogP contribution >= 0.6 is 47.8 Å². The number of carbonyl (C=O) groups excluding carboxylic acids is 1. The quantitative estimate of drug-likeness (QED) is 0.300. The summed E-state index contributed by atoms with van der Waals surface area (Å²) >= 11 is 10.3. The van der Waals surface area contributed by atoms with E-state index in [0.29, 0.717) is 42.7 Å². The van der Waals surface area contributed by atoms with Gasteiger partial charge in [0.15, 0.2) is 18.1 Å². The standard InChI is InChI=1S/C20H16Br3N3O5/c1-10-25-14-5-4-12(21)7-13(14)20(28)26(10)24-8-11-6-15(29-2)19(18(23)17(11)22)31-9-16(27)30-3/h4-8H,9H2,1-3H3. The zero-order valence-electron chi connectivity index (χ0n) is 16.6. The normalized spacial score (nSPS) is 11.2. The third-order valence-corrected chi connectivity index (χ3v) is 6.86. The number of esters is 1. The van der Waals surface area contributed by atoms with E-state index in [0.717, 1.165) is 4.47 Å². The van der Waals surface area contributed by atoms with Crippen LogP contribution in [0.15, 0.2) is 47.6 Å². The van der Waals surface area contributed by atoms with Crippen LogP contribution in [-0.2, 0) is 9.53 Å². The number of nitrogens with zero attached hydrogens (tertiary/aromatic N) is 3. The van der Waals surface area contributed by atoms with Gasteiger partial charge >= 0.3 is 5.97 Å². The lowest BCUT2D eigenvalue weighted by Gasteiger charge is -2.14. The Bertz CT molecular complexity index is 1260. The fourth-order valence-electron chi connectivity index (χ4n) is 2.69. The zero-order valence-corrected chi connectivity index (χ0v) is 21.4. The van der Waals surface area contributed by atoms with Gasteiger partial charge in [-0.05, 0) is 63.0 Å². The third-order valence-electron chi connectivity index (χ3n) is 4.22. The molecule has 3 rings (SSSR count). The highest BCUT2D eigenvalue weighted by Gasteiger charge is 2.18. The van der Waals surface area contributed by atoms with E-state index in [1.807, 2.05) is 6.07 Å². The molecule has 11 heteroatoms. The van der Waals surface area contributed by atoms with Crippen LogP contribution in [0.3, 0.4) is 0 Å². The summed E-state index contributed by atoms with van der Waals surface area (Å²) < 4.78 is 18.6. The minimum atomic E-state index is -0.527. The molecule has 8 nitrogen and oxygen atoms in total. The molecule has 0 N–H and O–H groups in total. The van der Waals surface area contributed by atoms with Gasteiger partial charge in [-0.1, -0.05) is 15.9 Å². The molecule has 2 aromatic carbocycles. The van der Waals surface area contributed by atoms with Gasteiger partial charge in [-0.2, -0.15) is 9.78 Å². The lowest BCUT2D eigenvalue weighted by Crippen LogP contribution is -2.20. The van der Waals surface area contributed by atoms with E-state index >= 15 is 0 Å². The molecule has 3 aromatic rings. The van der Waals surface area contributed by atoms with Gasteiger partial charge < -0.3 is 14.2 Å². The van der Waals surface area contributed by atoms with Gasteiger partial charge in [-0.3, -0.25) is 4.79 Å². The van der Waals surface area contributed by atoms with Crippen LogP contribution in [0.4, 0.5) is 0 Å². The highest BCUT2D eigenvalue weighted by atomic mass is 79.9. The van der Waals surface area contributed by atoms with Crippen LogP contribution in [0.5, 0.6) is 11.5 Å². The minimum Gasteiger partial charge on any atom is -0.493 e. The molecule has 0 atom stereocenters. The predicted molar refractivity (Wildman–Crippen MR) is 127 cm³/mol. The van der Waals surface area contributed by atoms with E-state index in [1.165, 1.54) is 25.1 Å². The van der Waals surface area contributed by atoms with Gasteiger partial charge in [-0.15, -0.1) is 0 Å². The Kier molecular flexibility index (Phi) is 7.50. The second-order valence-electron chi connectivity index (χ2n) is 6.17. The molecule has 0 spiro atoms. The maximum Gasteiger partial charge on any atom is 0.343 e. The second kappa shape index (κ2) is 9.92. The van der Waals surface area contributed by atoms with Crippen molar-refractivity contribution in [2.75, 3.05) is 20.8 Å². The Labute approximate surface area is 202 Å². The molecule has 162 valence electrons. The summed E-state index contributed by atoms with van der Waals surface area (Å²) in [6.07, 6.45) is 1.50. The van der Waals surface area contributed by atoms with E-state index in [1.54, 1.807) is 25.1 Å². The van der Waals surface area contributed by atoms with E-state index in [9.17, 15) is 9.59 Å². The number of benzene rings is 2. The third kappa shape index (κ3) is 4.99. The van der Waals surface area contributed by atoms with Crippen LogP contribution in [0.25, 0.3) is 10.9 Å². The van der Waals surface area contributed by atoms with Crippen molar-refractivity contribution < 1.29 is 19.0 Å². The molecule has 1 aromatic heterocycles. The molecule has 0 saturated heterocycles. The fourth-order valence-corrected chi connectivity index (χ4v) is 3.99. The first-order valence-electron chi connectivity index (χ1n) is 8.75. The van der Waals surface area contributed by atoms with Crippen molar-refractivity contribution in [1.29, 1.82) is 0 Å². The molecule has 0 aliphatic rings. The van der Waals surface area contributed by atoms with Gasteiger partial charge in [0.2, 0.25) is 0 Å². The average Bonchev–Trinajstić information content (AvgIpc) is 2.75. The van der Waals surface area contributed by atoms with Crippen molar-refractivity contribution in [1.82, 2.24) is 9.66 Å². The maximum absolute atomic E-state index is 12.9. The predicted octanol–water partition coefficient (Wildman–Crippen LogP) is 4.44. The Balaban J connectivity index is 2.04. The van der Waals surface area contributed by atoms with Crippen LogP contribution in [0.1, 0.15) is 11.4 Å². The lowest BCUT2D eigenvalue weighted by atomic mass is 10.2. The summed E-state index contributed by atoms with van der Waals surface area (Å²) in [5.74, 6) is 0.602. The molecule has 0 amide bonds. The highest BCUT2D eigenvalue weighted by Crippen LogP contribution is 2.42. The Morgan fingerprint density at radius 1 is 1.19 bits per heavy atom. The number of methoxy groups -OCH3 is 2. The van der Waals surface area contributed by atoms with Gasteiger partial charge in [0.05, 0.1) is 35.8 Å². The number of hydrogen-bond donors (Lipinski definition) is 0. The Hall–Kier alpha value is -2.24. The summed E-state index contributed by atoms with van der Waals surface area (Å²) in [6, 6.07) is 6.97. The Morgan fingerprint density at radius 3 is 2.61 bits per heavy atom. The first-order chi connectivity index (χ1) is 14.8. The van der Waals surface area contributed by atoms with Gasteiger partial charge in [0, 0.05) is 14.5 Å². The molecule has 31 heavy (non-hydrogen) atoms. The summed E-state index contributed by atoms with van der Waals surface area (Å²) in [7, 11) is 2.75. The molecule has 0 bridgehead atoms. The van der Waals surface area contributed by atoms with Gasteiger partial charge in [0.1, 0.15) is 5.82 Å². The van der Waals surface area contributed by atoms with Crippen molar-refractivity contribution >= 4 is 70.9 Å². The lowest BCUT2D eigenvalue weighted by molar-refractivity contribution is -0.142. The monoisotopic (exact) mass is 615 g/mol. The van der Waals surface area contributed by atoms with Crippen molar-refractivity contribution in [2.45, 2.75) is 6.92 Å². The van der Waals surface area contributed by atoms with Gasteiger partial charge in [-0.25, -0.2) is 9.78 Å². The minimum absolute atomic E-state index is 0.280. The summed E-state index contributed by atoms with van der Waals surface area (Å²) in [4.78, 5) is 28.8. The van der Waals surface area contributed by atoms with E-state index in [4.69, 9.17) is 9.47 Å². The smallest absolute Gasteiger partial charge is 0.343 e.